The molecule has 7 nitrogen and oxygen atoms in total. The van der Waals surface area contributed by atoms with Gasteiger partial charge < -0.3 is 19.4 Å². The predicted octanol–water partition coefficient (Wildman–Crippen LogP) is 2.01. The zero-order valence-electron chi connectivity index (χ0n) is 14.8. The molecule has 2 amide bonds. The number of urea groups is 1. The number of aromatic nitrogens is 2. The van der Waals surface area contributed by atoms with Crippen LogP contribution in [-0.2, 0) is 4.74 Å². The first-order chi connectivity index (χ1) is 11.6. The molecule has 0 saturated carbocycles. The lowest BCUT2D eigenvalue weighted by Crippen LogP contribution is -2.52. The third-order valence-electron chi connectivity index (χ3n) is 4.81. The Bertz CT molecular complexity index is 550. The van der Waals surface area contributed by atoms with Crippen LogP contribution in [0, 0.1) is 0 Å². The number of anilines is 1. The number of carbonyl (C=O) groups excluding carboxylic acids is 1. The van der Waals surface area contributed by atoms with E-state index in [0.29, 0.717) is 38.3 Å². The first-order valence-corrected chi connectivity index (χ1v) is 9.51. The lowest BCUT2D eigenvalue weighted by Gasteiger charge is -2.39. The lowest BCUT2D eigenvalue weighted by atomic mass is 10.0. The van der Waals surface area contributed by atoms with Gasteiger partial charge in [0, 0.05) is 56.7 Å². The zero-order valence-corrected chi connectivity index (χ0v) is 15.6. The van der Waals surface area contributed by atoms with Crippen LogP contribution in [0.25, 0.3) is 0 Å². The molecular formula is C16H27N5O2S. The van der Waals surface area contributed by atoms with Crippen LogP contribution in [0.15, 0.2) is 0 Å². The Balaban J connectivity index is 1.53. The van der Waals surface area contributed by atoms with Crippen LogP contribution < -0.4 is 4.90 Å². The quantitative estimate of drug-likeness (QED) is 0.832. The molecule has 8 heteroatoms. The van der Waals surface area contributed by atoms with Crippen molar-refractivity contribution in [1.82, 2.24) is 19.2 Å². The SMILES string of the molecule is CC(C)c1nsc(N2CCC(N(C)C(=O)N3CCOCC3)CC2)n1. The molecule has 2 fully saturated rings. The van der Waals surface area contributed by atoms with Gasteiger partial charge in [-0.15, -0.1) is 0 Å². The molecule has 2 aliphatic rings. The smallest absolute Gasteiger partial charge is 0.320 e. The van der Waals surface area contributed by atoms with Gasteiger partial charge in [0.2, 0.25) is 5.13 Å². The van der Waals surface area contributed by atoms with Gasteiger partial charge in [-0.05, 0) is 12.8 Å². The van der Waals surface area contributed by atoms with Crippen LogP contribution in [0.5, 0.6) is 0 Å². The van der Waals surface area contributed by atoms with Crippen molar-refractivity contribution in [2.24, 2.45) is 0 Å². The van der Waals surface area contributed by atoms with E-state index in [1.807, 2.05) is 16.8 Å². The van der Waals surface area contributed by atoms with Crippen LogP contribution in [0.1, 0.15) is 38.4 Å². The molecule has 0 unspecified atom stereocenters. The maximum atomic E-state index is 12.6. The summed E-state index contributed by atoms with van der Waals surface area (Å²) < 4.78 is 9.77. The summed E-state index contributed by atoms with van der Waals surface area (Å²) in [4.78, 5) is 23.3. The van der Waals surface area contributed by atoms with Crippen molar-refractivity contribution in [3.05, 3.63) is 5.82 Å². The summed E-state index contributed by atoms with van der Waals surface area (Å²) in [5, 5.41) is 1.01. The van der Waals surface area contributed by atoms with E-state index in [4.69, 9.17) is 4.74 Å². The molecular weight excluding hydrogens is 326 g/mol. The van der Waals surface area contributed by atoms with Crippen LogP contribution in [0.3, 0.4) is 0 Å². The molecule has 0 N–H and O–H groups in total. The van der Waals surface area contributed by atoms with Gasteiger partial charge in [-0.1, -0.05) is 13.8 Å². The number of hydrogen-bond donors (Lipinski definition) is 0. The summed E-state index contributed by atoms with van der Waals surface area (Å²) >= 11 is 1.49. The Labute approximate surface area is 147 Å². The molecule has 3 heterocycles. The van der Waals surface area contributed by atoms with Gasteiger partial charge in [0.15, 0.2) is 0 Å². The summed E-state index contributed by atoms with van der Waals surface area (Å²) in [7, 11) is 1.93. The molecule has 0 atom stereocenters. The molecule has 0 radical (unpaired) electrons. The van der Waals surface area contributed by atoms with E-state index in [0.717, 1.165) is 36.9 Å². The van der Waals surface area contributed by atoms with Crippen molar-refractivity contribution >= 4 is 22.7 Å². The van der Waals surface area contributed by atoms with Crippen LogP contribution in [-0.4, -0.2) is 77.7 Å². The number of ether oxygens (including phenoxy) is 1. The monoisotopic (exact) mass is 353 g/mol. The molecule has 134 valence electrons. The summed E-state index contributed by atoms with van der Waals surface area (Å²) in [6.45, 7) is 8.78. The van der Waals surface area contributed by atoms with E-state index < -0.39 is 0 Å². The standard InChI is InChI=1S/C16H27N5O2S/c1-12(2)14-17-15(24-18-14)20-6-4-13(5-7-20)19(3)16(22)21-8-10-23-11-9-21/h12-13H,4-11H2,1-3H3. The van der Waals surface area contributed by atoms with Gasteiger partial charge in [-0.2, -0.15) is 4.37 Å². The highest BCUT2D eigenvalue weighted by Gasteiger charge is 2.29. The number of rotatable bonds is 3. The average molecular weight is 353 g/mol. The van der Waals surface area contributed by atoms with Gasteiger partial charge in [-0.25, -0.2) is 9.78 Å². The summed E-state index contributed by atoms with van der Waals surface area (Å²) in [5.74, 6) is 1.29. The number of piperidine rings is 1. The minimum Gasteiger partial charge on any atom is -0.378 e. The molecule has 1 aromatic rings. The van der Waals surface area contributed by atoms with Gasteiger partial charge in [0.25, 0.3) is 0 Å². The number of carbonyl (C=O) groups is 1. The summed E-state index contributed by atoms with van der Waals surface area (Å²) in [5.41, 5.74) is 0. The van der Waals surface area contributed by atoms with Crippen molar-refractivity contribution in [3.63, 3.8) is 0 Å². The normalized spacial score (nSPS) is 19.8. The Morgan fingerprint density at radius 3 is 2.50 bits per heavy atom. The molecule has 2 aliphatic heterocycles. The van der Waals surface area contributed by atoms with E-state index in [1.54, 1.807) is 0 Å². The summed E-state index contributed by atoms with van der Waals surface area (Å²) in [6.07, 6.45) is 1.95. The van der Waals surface area contributed by atoms with Gasteiger partial charge in [0.05, 0.1) is 13.2 Å². The Morgan fingerprint density at radius 2 is 1.92 bits per heavy atom. The van der Waals surface area contributed by atoms with E-state index >= 15 is 0 Å². The highest BCUT2D eigenvalue weighted by atomic mass is 32.1. The molecule has 1 aromatic heterocycles. The number of amides is 2. The maximum absolute atomic E-state index is 12.6. The van der Waals surface area contributed by atoms with Gasteiger partial charge >= 0.3 is 6.03 Å². The fourth-order valence-corrected chi connectivity index (χ4v) is 4.03. The van der Waals surface area contributed by atoms with Crippen LogP contribution >= 0.6 is 11.5 Å². The molecule has 2 saturated heterocycles. The second-order valence-electron chi connectivity index (χ2n) is 6.80. The van der Waals surface area contributed by atoms with E-state index in [2.05, 4.69) is 28.1 Å². The first kappa shape index (κ1) is 17.4. The molecule has 0 aromatic carbocycles. The zero-order chi connectivity index (χ0) is 17.1. The van der Waals surface area contributed by atoms with E-state index in [1.165, 1.54) is 11.5 Å². The van der Waals surface area contributed by atoms with Crippen molar-refractivity contribution in [2.75, 3.05) is 51.3 Å². The van der Waals surface area contributed by atoms with Crippen LogP contribution in [0.4, 0.5) is 9.93 Å². The Hall–Kier alpha value is -1.41. The number of hydrogen-bond acceptors (Lipinski definition) is 6. The van der Waals surface area contributed by atoms with Crippen molar-refractivity contribution in [1.29, 1.82) is 0 Å². The first-order valence-electron chi connectivity index (χ1n) is 8.74. The van der Waals surface area contributed by atoms with Crippen molar-refractivity contribution in [2.45, 2.75) is 38.6 Å². The average Bonchev–Trinajstić information content (AvgIpc) is 3.12. The molecule has 0 spiro atoms. The minimum atomic E-state index is 0.134. The molecule has 24 heavy (non-hydrogen) atoms. The fraction of sp³-hybridized carbons (Fsp3) is 0.812. The molecule has 0 bridgehead atoms. The Morgan fingerprint density at radius 1 is 1.25 bits per heavy atom. The topological polar surface area (TPSA) is 61.8 Å². The largest absolute Gasteiger partial charge is 0.378 e. The van der Waals surface area contributed by atoms with Crippen molar-refractivity contribution < 1.29 is 9.53 Å². The second kappa shape index (κ2) is 7.65. The highest BCUT2D eigenvalue weighted by molar-refractivity contribution is 7.09. The maximum Gasteiger partial charge on any atom is 0.320 e. The van der Waals surface area contributed by atoms with Crippen molar-refractivity contribution in [3.8, 4) is 0 Å². The van der Waals surface area contributed by atoms with E-state index in [9.17, 15) is 4.79 Å². The highest BCUT2D eigenvalue weighted by Crippen LogP contribution is 2.26. The third kappa shape index (κ3) is 3.80. The summed E-state index contributed by atoms with van der Waals surface area (Å²) in [6, 6.07) is 0.434. The van der Waals surface area contributed by atoms with Gasteiger partial charge in [0.1, 0.15) is 5.82 Å². The second-order valence-corrected chi connectivity index (χ2v) is 7.53. The minimum absolute atomic E-state index is 0.134. The molecule has 3 rings (SSSR count). The fourth-order valence-electron chi connectivity index (χ4n) is 3.17. The molecule has 0 aliphatic carbocycles. The van der Waals surface area contributed by atoms with Crippen LogP contribution in [0.2, 0.25) is 0 Å². The Kier molecular flexibility index (Phi) is 5.55. The number of morpholine rings is 1. The lowest BCUT2D eigenvalue weighted by molar-refractivity contribution is 0.0409. The number of nitrogens with zero attached hydrogens (tertiary/aromatic N) is 5. The van der Waals surface area contributed by atoms with E-state index in [-0.39, 0.29) is 6.03 Å². The predicted molar refractivity (Wildman–Crippen MR) is 94.8 cm³/mol. The third-order valence-corrected chi connectivity index (χ3v) is 5.60. The van der Waals surface area contributed by atoms with Gasteiger partial charge in [-0.3, -0.25) is 0 Å².